The van der Waals surface area contributed by atoms with Gasteiger partial charge in [0.25, 0.3) is 10.0 Å². The van der Waals surface area contributed by atoms with Crippen LogP contribution in [0.1, 0.15) is 31.2 Å². The highest BCUT2D eigenvalue weighted by Crippen LogP contribution is 2.27. The monoisotopic (exact) mass is 331 g/mol. The second kappa shape index (κ2) is 6.14. The third-order valence-corrected chi connectivity index (χ3v) is 5.54. The maximum atomic E-state index is 12.2. The standard InChI is InChI=1S/C16H17N3O3S/c17-10-11-1-5-15(6-2-11)23(21,22)19-16(20)9-12-7-13-3-4-14(8-12)18-13/h1-2,5-7,13-14,18H,3-4,8-9H2,(H,19,20). The SMILES string of the molecule is N#Cc1ccc(S(=O)(=O)NC(=O)CC2=CC3CCC(C2)N3)cc1. The third-order valence-electron chi connectivity index (χ3n) is 4.15. The molecule has 3 rings (SSSR count). The highest BCUT2D eigenvalue weighted by molar-refractivity contribution is 7.90. The third kappa shape index (κ3) is 3.60. The summed E-state index contributed by atoms with van der Waals surface area (Å²) in [4.78, 5) is 12.0. The minimum atomic E-state index is -3.90. The molecule has 2 bridgehead atoms. The Morgan fingerprint density at radius 3 is 2.70 bits per heavy atom. The van der Waals surface area contributed by atoms with E-state index >= 15 is 0 Å². The van der Waals surface area contributed by atoms with Crippen molar-refractivity contribution in [1.29, 1.82) is 5.26 Å². The Bertz CT molecular complexity index is 791. The Kier molecular flexibility index (Phi) is 4.20. The van der Waals surface area contributed by atoms with Gasteiger partial charge in [-0.25, -0.2) is 13.1 Å². The number of hydrogen-bond donors (Lipinski definition) is 2. The van der Waals surface area contributed by atoms with E-state index in [1.54, 1.807) is 0 Å². The van der Waals surface area contributed by atoms with Crippen LogP contribution in [0.2, 0.25) is 0 Å². The summed E-state index contributed by atoms with van der Waals surface area (Å²) in [5.74, 6) is -0.526. The molecule has 0 aliphatic carbocycles. The largest absolute Gasteiger partial charge is 0.307 e. The molecule has 0 spiro atoms. The molecule has 1 fully saturated rings. The highest BCUT2D eigenvalue weighted by Gasteiger charge is 2.29. The van der Waals surface area contributed by atoms with E-state index in [4.69, 9.17) is 5.26 Å². The molecule has 7 heteroatoms. The number of carbonyl (C=O) groups is 1. The second-order valence-electron chi connectivity index (χ2n) is 5.92. The highest BCUT2D eigenvalue weighted by atomic mass is 32.2. The maximum Gasteiger partial charge on any atom is 0.264 e. The lowest BCUT2D eigenvalue weighted by molar-refractivity contribution is -0.118. The van der Waals surface area contributed by atoms with Gasteiger partial charge in [0.1, 0.15) is 0 Å². The number of carbonyl (C=O) groups excluding carboxylic acids is 1. The lowest BCUT2D eigenvalue weighted by Crippen LogP contribution is -2.35. The summed E-state index contributed by atoms with van der Waals surface area (Å²) in [6.07, 6.45) is 5.09. The van der Waals surface area contributed by atoms with Crippen molar-refractivity contribution in [3.05, 3.63) is 41.5 Å². The van der Waals surface area contributed by atoms with Crippen LogP contribution >= 0.6 is 0 Å². The second-order valence-corrected chi connectivity index (χ2v) is 7.60. The van der Waals surface area contributed by atoms with Gasteiger partial charge in [-0.15, -0.1) is 0 Å². The van der Waals surface area contributed by atoms with Gasteiger partial charge >= 0.3 is 0 Å². The van der Waals surface area contributed by atoms with Gasteiger partial charge in [0, 0.05) is 18.5 Å². The van der Waals surface area contributed by atoms with E-state index < -0.39 is 15.9 Å². The molecule has 2 heterocycles. The number of sulfonamides is 1. The zero-order valence-corrected chi connectivity index (χ0v) is 13.3. The van der Waals surface area contributed by atoms with E-state index in [1.165, 1.54) is 24.3 Å². The Morgan fingerprint density at radius 2 is 2.04 bits per heavy atom. The number of amides is 1. The van der Waals surface area contributed by atoms with Gasteiger partial charge in [0.15, 0.2) is 0 Å². The Balaban J connectivity index is 1.65. The fourth-order valence-corrected chi connectivity index (χ4v) is 4.09. The smallest absolute Gasteiger partial charge is 0.264 e. The van der Waals surface area contributed by atoms with Crippen LogP contribution in [-0.2, 0) is 14.8 Å². The first-order valence-electron chi connectivity index (χ1n) is 7.48. The Morgan fingerprint density at radius 1 is 1.30 bits per heavy atom. The molecule has 1 saturated heterocycles. The molecule has 2 atom stereocenters. The average Bonchev–Trinajstić information content (AvgIpc) is 2.85. The lowest BCUT2D eigenvalue weighted by atomic mass is 10.0. The topological polar surface area (TPSA) is 99.1 Å². The molecule has 2 aliphatic rings. The Labute approximate surface area is 135 Å². The summed E-state index contributed by atoms with van der Waals surface area (Å²) in [5.41, 5.74) is 1.36. The first-order valence-corrected chi connectivity index (χ1v) is 8.96. The summed E-state index contributed by atoms with van der Waals surface area (Å²) in [6.45, 7) is 0. The number of nitrogens with zero attached hydrogens (tertiary/aromatic N) is 1. The van der Waals surface area contributed by atoms with Crippen LogP contribution in [0.4, 0.5) is 0 Å². The van der Waals surface area contributed by atoms with E-state index in [1.807, 2.05) is 12.1 Å². The number of benzene rings is 1. The van der Waals surface area contributed by atoms with Crippen LogP contribution in [-0.4, -0.2) is 26.4 Å². The molecule has 0 aromatic heterocycles. The van der Waals surface area contributed by atoms with Crippen LogP contribution in [0.15, 0.2) is 40.8 Å². The van der Waals surface area contributed by atoms with Gasteiger partial charge in [-0.2, -0.15) is 5.26 Å². The summed E-state index contributed by atoms with van der Waals surface area (Å²) < 4.78 is 26.5. The minimum Gasteiger partial charge on any atom is -0.307 e. The van der Waals surface area contributed by atoms with Crippen LogP contribution in [0.5, 0.6) is 0 Å². The van der Waals surface area contributed by atoms with Crippen LogP contribution in [0.25, 0.3) is 0 Å². The van der Waals surface area contributed by atoms with Crippen molar-refractivity contribution < 1.29 is 13.2 Å². The van der Waals surface area contributed by atoms with Crippen molar-refractivity contribution in [2.24, 2.45) is 0 Å². The van der Waals surface area contributed by atoms with E-state index in [0.29, 0.717) is 17.6 Å². The number of nitriles is 1. The minimum absolute atomic E-state index is 0.0239. The zero-order valence-electron chi connectivity index (χ0n) is 12.5. The van der Waals surface area contributed by atoms with Gasteiger partial charge in [0.05, 0.1) is 16.5 Å². The molecular weight excluding hydrogens is 314 g/mol. The fraction of sp³-hybridized carbons (Fsp3) is 0.375. The lowest BCUT2D eigenvalue weighted by Gasteiger charge is -2.21. The molecule has 6 nitrogen and oxygen atoms in total. The normalized spacial score (nSPS) is 23.0. The maximum absolute atomic E-state index is 12.2. The van der Waals surface area contributed by atoms with Crippen molar-refractivity contribution in [3.63, 3.8) is 0 Å². The quantitative estimate of drug-likeness (QED) is 0.808. The number of hydrogen-bond acceptors (Lipinski definition) is 5. The van der Waals surface area contributed by atoms with Crippen LogP contribution < -0.4 is 10.0 Å². The summed E-state index contributed by atoms with van der Waals surface area (Å²) >= 11 is 0. The van der Waals surface area contributed by atoms with Crippen LogP contribution in [0.3, 0.4) is 0 Å². The average molecular weight is 331 g/mol. The molecule has 0 radical (unpaired) electrons. The van der Waals surface area contributed by atoms with Crippen LogP contribution in [0, 0.1) is 11.3 Å². The molecule has 120 valence electrons. The molecule has 2 unspecified atom stereocenters. The van der Waals surface area contributed by atoms with Gasteiger partial charge in [-0.3, -0.25) is 4.79 Å². The van der Waals surface area contributed by atoms with E-state index in [0.717, 1.165) is 24.8 Å². The number of fused-ring (bicyclic) bond motifs is 2. The van der Waals surface area contributed by atoms with Gasteiger partial charge in [0.2, 0.25) is 5.91 Å². The number of rotatable bonds is 4. The van der Waals surface area contributed by atoms with Crippen molar-refractivity contribution in [1.82, 2.24) is 10.0 Å². The Hall–Kier alpha value is -2.17. The van der Waals surface area contributed by atoms with E-state index in [2.05, 4.69) is 10.0 Å². The van der Waals surface area contributed by atoms with E-state index in [-0.39, 0.29) is 11.3 Å². The van der Waals surface area contributed by atoms with Crippen molar-refractivity contribution in [3.8, 4) is 6.07 Å². The molecule has 0 saturated carbocycles. The van der Waals surface area contributed by atoms with Gasteiger partial charge in [-0.05, 0) is 43.5 Å². The first-order chi connectivity index (χ1) is 11.0. The predicted molar refractivity (Wildman–Crippen MR) is 83.7 cm³/mol. The molecule has 23 heavy (non-hydrogen) atoms. The summed E-state index contributed by atoms with van der Waals surface area (Å²) in [7, 11) is -3.90. The summed E-state index contributed by atoms with van der Waals surface area (Å²) in [6, 6.07) is 8.09. The number of nitrogens with one attached hydrogen (secondary N) is 2. The molecule has 2 N–H and O–H groups in total. The molecule has 2 aliphatic heterocycles. The predicted octanol–water partition coefficient (Wildman–Crippen LogP) is 1.20. The first kappa shape index (κ1) is 15.7. The van der Waals surface area contributed by atoms with Gasteiger partial charge < -0.3 is 5.32 Å². The summed E-state index contributed by atoms with van der Waals surface area (Å²) in [5, 5.41) is 12.2. The molecule has 1 amide bonds. The molecule has 1 aromatic carbocycles. The van der Waals surface area contributed by atoms with Crippen molar-refractivity contribution in [2.75, 3.05) is 0 Å². The van der Waals surface area contributed by atoms with Crippen molar-refractivity contribution in [2.45, 2.75) is 42.7 Å². The molecular formula is C16H17N3O3S. The van der Waals surface area contributed by atoms with Crippen molar-refractivity contribution >= 4 is 15.9 Å². The zero-order chi connectivity index (χ0) is 16.4. The van der Waals surface area contributed by atoms with E-state index in [9.17, 15) is 13.2 Å². The fourth-order valence-electron chi connectivity index (χ4n) is 3.10. The molecule has 1 aromatic rings. The van der Waals surface area contributed by atoms with Gasteiger partial charge in [-0.1, -0.05) is 11.6 Å².